The molecule has 1 fully saturated rings. The molecule has 4 nitrogen and oxygen atoms in total. The van der Waals surface area contributed by atoms with Gasteiger partial charge in [0.2, 0.25) is 0 Å². The molecular formula is C17H24ClNO3. The maximum absolute atomic E-state index is 12.0. The standard InChI is InChI=1S/C17H24ClNO3/c1-16(2,3)22-15(21)19-17(8-9-17)13(11-20)10-12-4-6-14(18)7-5-12/h4-7,13,20H,8-11H2,1-3H3,(H,19,21). The molecule has 0 heterocycles. The van der Waals surface area contributed by atoms with Gasteiger partial charge in [-0.2, -0.15) is 0 Å². The maximum Gasteiger partial charge on any atom is 0.408 e. The molecule has 2 rings (SSSR count). The molecule has 2 N–H and O–H groups in total. The van der Waals surface area contributed by atoms with E-state index in [1.54, 1.807) is 0 Å². The number of halogens is 1. The molecule has 0 bridgehead atoms. The summed E-state index contributed by atoms with van der Waals surface area (Å²) in [5.41, 5.74) is 0.225. The number of nitrogens with one attached hydrogen (secondary N) is 1. The predicted octanol–water partition coefficient (Wildman–Crippen LogP) is 3.55. The van der Waals surface area contributed by atoms with Crippen molar-refractivity contribution in [2.75, 3.05) is 6.61 Å². The molecule has 22 heavy (non-hydrogen) atoms. The lowest BCUT2D eigenvalue weighted by Crippen LogP contribution is -2.46. The fraction of sp³-hybridized carbons (Fsp3) is 0.588. The largest absolute Gasteiger partial charge is 0.444 e. The van der Waals surface area contributed by atoms with E-state index in [2.05, 4.69) is 5.32 Å². The maximum atomic E-state index is 12.0. The third kappa shape index (κ3) is 4.62. The molecule has 1 aromatic rings. The number of aliphatic hydroxyl groups excluding tert-OH is 1. The van der Waals surface area contributed by atoms with Crippen LogP contribution in [0.25, 0.3) is 0 Å². The van der Waals surface area contributed by atoms with Gasteiger partial charge in [-0.25, -0.2) is 4.79 Å². The van der Waals surface area contributed by atoms with E-state index in [0.717, 1.165) is 18.4 Å². The Balaban J connectivity index is 2.00. The number of benzene rings is 1. The fourth-order valence-corrected chi connectivity index (χ4v) is 2.74. The summed E-state index contributed by atoms with van der Waals surface area (Å²) in [4.78, 5) is 12.0. The number of alkyl carbamates (subject to hydrolysis) is 1. The molecule has 5 heteroatoms. The Morgan fingerprint density at radius 3 is 2.41 bits per heavy atom. The molecule has 0 aromatic heterocycles. The molecule has 1 aliphatic carbocycles. The van der Waals surface area contributed by atoms with Gasteiger partial charge in [-0.3, -0.25) is 0 Å². The smallest absolute Gasteiger partial charge is 0.408 e. The average molecular weight is 326 g/mol. The second-order valence-corrected chi connectivity index (χ2v) is 7.43. The van der Waals surface area contributed by atoms with E-state index in [4.69, 9.17) is 16.3 Å². The van der Waals surface area contributed by atoms with E-state index in [-0.39, 0.29) is 18.1 Å². The number of hydrogen-bond acceptors (Lipinski definition) is 3. The first-order chi connectivity index (χ1) is 10.2. The first-order valence-electron chi connectivity index (χ1n) is 7.60. The van der Waals surface area contributed by atoms with Gasteiger partial charge in [0, 0.05) is 23.1 Å². The zero-order valence-electron chi connectivity index (χ0n) is 13.4. The average Bonchev–Trinajstić information content (AvgIpc) is 3.16. The van der Waals surface area contributed by atoms with Crippen LogP contribution in [-0.2, 0) is 11.2 Å². The van der Waals surface area contributed by atoms with Gasteiger partial charge in [0.25, 0.3) is 0 Å². The van der Waals surface area contributed by atoms with Crippen molar-refractivity contribution in [1.82, 2.24) is 5.32 Å². The Morgan fingerprint density at radius 1 is 1.36 bits per heavy atom. The quantitative estimate of drug-likeness (QED) is 0.870. The summed E-state index contributed by atoms with van der Waals surface area (Å²) in [7, 11) is 0. The summed E-state index contributed by atoms with van der Waals surface area (Å²) >= 11 is 5.89. The van der Waals surface area contributed by atoms with Gasteiger partial charge < -0.3 is 15.2 Å². The van der Waals surface area contributed by atoms with E-state index >= 15 is 0 Å². The van der Waals surface area contributed by atoms with Crippen LogP contribution in [0, 0.1) is 5.92 Å². The van der Waals surface area contributed by atoms with Gasteiger partial charge in [0.15, 0.2) is 0 Å². The summed E-state index contributed by atoms with van der Waals surface area (Å²) in [5.74, 6) is -0.0267. The Kier molecular flexibility index (Phi) is 5.03. The summed E-state index contributed by atoms with van der Waals surface area (Å²) in [6.07, 6.45) is 2.01. The molecule has 1 amide bonds. The highest BCUT2D eigenvalue weighted by atomic mass is 35.5. The monoisotopic (exact) mass is 325 g/mol. The molecule has 0 radical (unpaired) electrons. The van der Waals surface area contributed by atoms with Crippen LogP contribution in [0.5, 0.6) is 0 Å². The molecule has 1 saturated carbocycles. The number of amides is 1. The van der Waals surface area contributed by atoms with Crippen LogP contribution < -0.4 is 5.32 Å². The second kappa shape index (κ2) is 6.47. The minimum Gasteiger partial charge on any atom is -0.444 e. The van der Waals surface area contributed by atoms with E-state index < -0.39 is 11.7 Å². The lowest BCUT2D eigenvalue weighted by atomic mass is 9.90. The van der Waals surface area contributed by atoms with Gasteiger partial charge in [0.05, 0.1) is 0 Å². The predicted molar refractivity (Wildman–Crippen MR) is 87.1 cm³/mol. The van der Waals surface area contributed by atoms with Crippen molar-refractivity contribution >= 4 is 17.7 Å². The number of hydrogen-bond donors (Lipinski definition) is 2. The first kappa shape index (κ1) is 17.1. The first-order valence-corrected chi connectivity index (χ1v) is 7.98. The van der Waals surface area contributed by atoms with E-state index in [1.807, 2.05) is 45.0 Å². The zero-order valence-corrected chi connectivity index (χ0v) is 14.1. The summed E-state index contributed by atoms with van der Waals surface area (Å²) < 4.78 is 5.33. The number of ether oxygens (including phenoxy) is 1. The van der Waals surface area contributed by atoms with Gasteiger partial charge >= 0.3 is 6.09 Å². The molecule has 1 aromatic carbocycles. The van der Waals surface area contributed by atoms with Gasteiger partial charge in [-0.1, -0.05) is 23.7 Å². The Labute approximate surface area is 136 Å². The Morgan fingerprint density at radius 2 is 1.95 bits per heavy atom. The molecule has 0 spiro atoms. The third-order valence-corrected chi connectivity index (χ3v) is 4.19. The van der Waals surface area contributed by atoms with Gasteiger partial charge in [0.1, 0.15) is 5.60 Å². The highest BCUT2D eigenvalue weighted by Crippen LogP contribution is 2.44. The van der Waals surface area contributed by atoms with Crippen LogP contribution in [0.15, 0.2) is 24.3 Å². The molecule has 1 unspecified atom stereocenters. The molecule has 0 aliphatic heterocycles. The lowest BCUT2D eigenvalue weighted by Gasteiger charge is -2.28. The Hall–Kier alpha value is -1.26. The number of aliphatic hydroxyl groups is 1. The van der Waals surface area contributed by atoms with Crippen molar-refractivity contribution in [1.29, 1.82) is 0 Å². The van der Waals surface area contributed by atoms with Crippen LogP contribution in [0.2, 0.25) is 5.02 Å². The van der Waals surface area contributed by atoms with Crippen molar-refractivity contribution in [3.63, 3.8) is 0 Å². The zero-order chi connectivity index (χ0) is 16.4. The van der Waals surface area contributed by atoms with Crippen LogP contribution in [0.1, 0.15) is 39.2 Å². The molecule has 122 valence electrons. The lowest BCUT2D eigenvalue weighted by molar-refractivity contribution is 0.0455. The molecular weight excluding hydrogens is 302 g/mol. The second-order valence-electron chi connectivity index (χ2n) is 6.99. The van der Waals surface area contributed by atoms with Crippen molar-refractivity contribution < 1.29 is 14.6 Å². The normalized spacial score (nSPS) is 17.7. The molecule has 0 saturated heterocycles. The van der Waals surface area contributed by atoms with Crippen molar-refractivity contribution in [2.45, 2.75) is 51.2 Å². The van der Waals surface area contributed by atoms with E-state index in [0.29, 0.717) is 11.4 Å². The highest BCUT2D eigenvalue weighted by Gasteiger charge is 2.50. The third-order valence-electron chi connectivity index (χ3n) is 3.94. The van der Waals surface area contributed by atoms with Gasteiger partial charge in [-0.15, -0.1) is 0 Å². The van der Waals surface area contributed by atoms with Crippen LogP contribution in [0.4, 0.5) is 4.79 Å². The van der Waals surface area contributed by atoms with Gasteiger partial charge in [-0.05, 0) is 57.7 Å². The van der Waals surface area contributed by atoms with Crippen molar-refractivity contribution in [2.24, 2.45) is 5.92 Å². The van der Waals surface area contributed by atoms with E-state index in [9.17, 15) is 9.90 Å². The van der Waals surface area contributed by atoms with Crippen LogP contribution in [0.3, 0.4) is 0 Å². The van der Waals surface area contributed by atoms with Crippen LogP contribution >= 0.6 is 11.6 Å². The summed E-state index contributed by atoms with van der Waals surface area (Å²) in [5, 5.41) is 13.4. The molecule has 1 atom stereocenters. The van der Waals surface area contributed by atoms with E-state index in [1.165, 1.54) is 0 Å². The minimum atomic E-state index is -0.523. The highest BCUT2D eigenvalue weighted by molar-refractivity contribution is 6.30. The van der Waals surface area contributed by atoms with Crippen molar-refractivity contribution in [3.8, 4) is 0 Å². The van der Waals surface area contributed by atoms with Crippen LogP contribution in [-0.4, -0.2) is 28.9 Å². The number of carbonyl (C=O) groups excluding carboxylic acids is 1. The SMILES string of the molecule is CC(C)(C)OC(=O)NC1(C(CO)Cc2ccc(Cl)cc2)CC1. The number of carbonyl (C=O) groups is 1. The summed E-state index contributed by atoms with van der Waals surface area (Å²) in [6.45, 7) is 5.54. The minimum absolute atomic E-state index is 0.0262. The topological polar surface area (TPSA) is 58.6 Å². The summed E-state index contributed by atoms with van der Waals surface area (Å²) in [6, 6.07) is 7.58. The Bertz CT molecular complexity index is 518. The van der Waals surface area contributed by atoms with Crippen molar-refractivity contribution in [3.05, 3.63) is 34.9 Å². The number of rotatable bonds is 5. The molecule has 1 aliphatic rings. The fourth-order valence-electron chi connectivity index (χ4n) is 2.62.